The van der Waals surface area contributed by atoms with Gasteiger partial charge in [0, 0.05) is 0 Å². The minimum atomic E-state index is -0.608. The first-order valence-corrected chi connectivity index (χ1v) is 9.89. The molecule has 0 N–H and O–H groups in total. The van der Waals surface area contributed by atoms with Crippen molar-refractivity contribution in [3.8, 4) is 11.5 Å². The van der Waals surface area contributed by atoms with Crippen LogP contribution in [0.4, 0.5) is 0 Å². The molecular weight excluding hydrogens is 286 g/mol. The van der Waals surface area contributed by atoms with Crippen molar-refractivity contribution in [2.24, 2.45) is 0 Å². The molecule has 0 aliphatic carbocycles. The average molecular weight is 304 g/mol. The van der Waals surface area contributed by atoms with Gasteiger partial charge < -0.3 is 9.05 Å². The van der Waals surface area contributed by atoms with Crippen LogP contribution in [0.15, 0.2) is 72.3 Å². The Balaban J connectivity index is 1.82. The fraction of sp³-hybridized carbons (Fsp3) is 0.125. The zero-order chi connectivity index (χ0) is 14.2. The third kappa shape index (κ3) is 5.33. The van der Waals surface area contributed by atoms with Gasteiger partial charge in [-0.2, -0.15) is 0 Å². The van der Waals surface area contributed by atoms with Crippen molar-refractivity contribution in [1.82, 2.24) is 0 Å². The molecule has 0 heterocycles. The van der Waals surface area contributed by atoms with Crippen LogP contribution in [-0.2, 0) is 0 Å². The molecule has 2 rings (SSSR count). The number of rotatable bonds is 6. The van der Waals surface area contributed by atoms with E-state index in [0.29, 0.717) is 0 Å². The molecule has 0 radical (unpaired) electrons. The second-order valence-corrected chi connectivity index (χ2v) is 7.35. The second kappa shape index (κ2) is 8.04. The molecule has 0 bridgehead atoms. The van der Waals surface area contributed by atoms with E-state index in [1.807, 2.05) is 60.7 Å². The fourth-order valence-electron chi connectivity index (χ4n) is 1.54. The Morgan fingerprint density at radius 2 is 1.00 bits per heavy atom. The van der Waals surface area contributed by atoms with Gasteiger partial charge in [-0.05, 0) is 49.2 Å². The molecule has 2 aromatic rings. The van der Waals surface area contributed by atoms with Crippen molar-refractivity contribution < 1.29 is 9.05 Å². The monoisotopic (exact) mass is 304 g/mol. The summed E-state index contributed by atoms with van der Waals surface area (Å²) < 4.78 is 11.7. The number of hydrogen-bond donors (Lipinski definition) is 0. The predicted octanol–water partition coefficient (Wildman–Crippen LogP) is 5.67. The van der Waals surface area contributed by atoms with Crippen molar-refractivity contribution in [1.29, 1.82) is 0 Å². The largest absolute Gasteiger partial charge is 0.470 e. The van der Waals surface area contributed by atoms with Gasteiger partial charge in [-0.1, -0.05) is 36.4 Å². The van der Waals surface area contributed by atoms with Crippen LogP contribution in [0.25, 0.3) is 0 Å². The molecule has 0 aliphatic rings. The molecular formula is C16H18O2P2. The maximum Gasteiger partial charge on any atom is 0.123 e. The van der Waals surface area contributed by atoms with Crippen molar-refractivity contribution in [3.63, 3.8) is 0 Å². The van der Waals surface area contributed by atoms with Crippen LogP contribution in [0.2, 0.25) is 0 Å². The van der Waals surface area contributed by atoms with Gasteiger partial charge in [0.05, 0.1) is 0 Å². The summed E-state index contributed by atoms with van der Waals surface area (Å²) in [7, 11) is -1.22. The van der Waals surface area contributed by atoms with Crippen molar-refractivity contribution in [2.45, 2.75) is 0 Å². The molecule has 0 aromatic heterocycles. The maximum atomic E-state index is 5.85. The van der Waals surface area contributed by atoms with Gasteiger partial charge in [-0.3, -0.25) is 0 Å². The minimum Gasteiger partial charge on any atom is -0.470 e. The van der Waals surface area contributed by atoms with Crippen LogP contribution in [-0.4, -0.2) is 13.3 Å². The van der Waals surface area contributed by atoms with Gasteiger partial charge in [0.15, 0.2) is 0 Å². The molecule has 0 saturated heterocycles. The third-order valence-corrected chi connectivity index (χ3v) is 4.84. The van der Waals surface area contributed by atoms with E-state index in [9.17, 15) is 0 Å². The summed E-state index contributed by atoms with van der Waals surface area (Å²) in [6.45, 7) is 4.18. The highest BCUT2D eigenvalue weighted by atomic mass is 31.1. The van der Waals surface area contributed by atoms with E-state index in [-0.39, 0.29) is 0 Å². The van der Waals surface area contributed by atoms with Crippen LogP contribution in [0.1, 0.15) is 0 Å². The molecule has 0 amide bonds. The van der Waals surface area contributed by atoms with Crippen LogP contribution >= 0.6 is 16.3 Å². The van der Waals surface area contributed by atoms with Gasteiger partial charge in [0.1, 0.15) is 27.8 Å². The lowest BCUT2D eigenvalue weighted by Crippen LogP contribution is -1.84. The summed E-state index contributed by atoms with van der Waals surface area (Å²) >= 11 is 0. The fourth-order valence-corrected chi connectivity index (χ4v) is 4.08. The lowest BCUT2D eigenvalue weighted by molar-refractivity contribution is 0.623. The predicted molar refractivity (Wildman–Crippen MR) is 89.0 cm³/mol. The minimum absolute atomic E-state index is 0.608. The van der Waals surface area contributed by atoms with Gasteiger partial charge >= 0.3 is 0 Å². The molecule has 0 saturated carbocycles. The van der Waals surface area contributed by atoms with Crippen molar-refractivity contribution >= 4 is 16.3 Å². The third-order valence-electron chi connectivity index (χ3n) is 2.47. The van der Waals surface area contributed by atoms with E-state index in [4.69, 9.17) is 9.05 Å². The lowest BCUT2D eigenvalue weighted by Gasteiger charge is -2.12. The Bertz CT molecular complexity index is 479. The SMILES string of the molecule is CP(C=CP(C)Oc1ccccc1)Oc1ccccc1. The van der Waals surface area contributed by atoms with Crippen molar-refractivity contribution in [3.05, 3.63) is 72.3 Å². The first-order valence-electron chi connectivity index (χ1n) is 6.34. The summed E-state index contributed by atoms with van der Waals surface area (Å²) in [6.07, 6.45) is 0. The van der Waals surface area contributed by atoms with E-state index in [2.05, 4.69) is 25.0 Å². The number of para-hydroxylation sites is 2. The Hall–Kier alpha value is -1.36. The molecule has 0 spiro atoms. The Morgan fingerprint density at radius 1 is 0.650 bits per heavy atom. The zero-order valence-corrected chi connectivity index (χ0v) is 13.4. The van der Waals surface area contributed by atoms with Crippen LogP contribution in [0.3, 0.4) is 0 Å². The van der Waals surface area contributed by atoms with E-state index in [1.54, 1.807) is 0 Å². The van der Waals surface area contributed by atoms with Gasteiger partial charge in [-0.25, -0.2) is 0 Å². The molecule has 104 valence electrons. The molecule has 2 nitrogen and oxygen atoms in total. The summed E-state index contributed by atoms with van der Waals surface area (Å²) in [5, 5.41) is 0. The van der Waals surface area contributed by atoms with E-state index >= 15 is 0 Å². The molecule has 2 atom stereocenters. The van der Waals surface area contributed by atoms with E-state index in [1.165, 1.54) is 0 Å². The number of benzene rings is 2. The molecule has 20 heavy (non-hydrogen) atoms. The first-order chi connectivity index (χ1) is 9.74. The number of hydrogen-bond acceptors (Lipinski definition) is 2. The van der Waals surface area contributed by atoms with Crippen LogP contribution in [0, 0.1) is 0 Å². The Kier molecular flexibility index (Phi) is 6.05. The molecule has 2 unspecified atom stereocenters. The lowest BCUT2D eigenvalue weighted by atomic mass is 10.3. The van der Waals surface area contributed by atoms with Crippen molar-refractivity contribution in [2.75, 3.05) is 13.3 Å². The maximum absolute atomic E-state index is 5.85. The Morgan fingerprint density at radius 3 is 1.35 bits per heavy atom. The Labute approximate surface area is 123 Å². The average Bonchev–Trinajstić information content (AvgIpc) is 2.47. The quantitative estimate of drug-likeness (QED) is 0.640. The summed E-state index contributed by atoms with van der Waals surface area (Å²) in [4.78, 5) is 0. The summed E-state index contributed by atoms with van der Waals surface area (Å²) in [6, 6.07) is 19.8. The molecule has 0 fully saturated rings. The second-order valence-electron chi connectivity index (χ2n) is 4.20. The standard InChI is InChI=1S/C16H18O2P2/c1-19(17-15-9-5-3-6-10-15)13-14-20(2)18-16-11-7-4-8-12-16/h3-14H,1-2H3. The van der Waals surface area contributed by atoms with Gasteiger partial charge in [0.2, 0.25) is 0 Å². The van der Waals surface area contributed by atoms with Crippen LogP contribution in [0.5, 0.6) is 11.5 Å². The molecule has 2 aromatic carbocycles. The first kappa shape index (κ1) is 15.0. The normalized spacial score (nSPS) is 13.9. The zero-order valence-electron chi connectivity index (χ0n) is 11.6. The van der Waals surface area contributed by atoms with Gasteiger partial charge in [0.25, 0.3) is 0 Å². The molecule has 0 aliphatic heterocycles. The smallest absolute Gasteiger partial charge is 0.123 e. The highest BCUT2D eigenvalue weighted by Crippen LogP contribution is 2.42. The van der Waals surface area contributed by atoms with Gasteiger partial charge in [-0.15, -0.1) is 0 Å². The highest BCUT2D eigenvalue weighted by molar-refractivity contribution is 7.59. The van der Waals surface area contributed by atoms with E-state index in [0.717, 1.165) is 11.5 Å². The summed E-state index contributed by atoms with van der Waals surface area (Å²) in [5.41, 5.74) is 0. The topological polar surface area (TPSA) is 18.5 Å². The highest BCUT2D eigenvalue weighted by Gasteiger charge is 2.03. The summed E-state index contributed by atoms with van der Waals surface area (Å²) in [5.74, 6) is 6.04. The van der Waals surface area contributed by atoms with Crippen LogP contribution < -0.4 is 9.05 Å². The van der Waals surface area contributed by atoms with E-state index < -0.39 is 16.3 Å². The molecule has 4 heteroatoms.